The first-order valence-corrected chi connectivity index (χ1v) is 3.84. The quantitative estimate of drug-likeness (QED) is 0.698. The first kappa shape index (κ1) is 10.1. The summed E-state index contributed by atoms with van der Waals surface area (Å²) in [6.07, 6.45) is -2.75. The highest BCUT2D eigenvalue weighted by atomic mass is 35.5. The molecule has 1 rings (SSSR count). The van der Waals surface area contributed by atoms with Crippen LogP contribution in [0.5, 0.6) is 0 Å². The molecule has 0 aromatic carbocycles. The third-order valence-corrected chi connectivity index (χ3v) is 1.86. The zero-order chi connectivity index (χ0) is 10.2. The van der Waals surface area contributed by atoms with Crippen LogP contribution < -0.4 is 0 Å². The second-order valence-corrected chi connectivity index (χ2v) is 2.89. The summed E-state index contributed by atoms with van der Waals surface area (Å²) in [6, 6.07) is 0. The number of hydrogen-bond donors (Lipinski definition) is 0. The van der Waals surface area contributed by atoms with Crippen LogP contribution in [0.4, 0.5) is 8.78 Å². The van der Waals surface area contributed by atoms with Gasteiger partial charge in [0.25, 0.3) is 11.7 Å². The molecule has 0 radical (unpaired) electrons. The fraction of sp³-hybridized carbons (Fsp3) is 0.429. The van der Waals surface area contributed by atoms with Crippen LogP contribution in [0.3, 0.4) is 0 Å². The van der Waals surface area contributed by atoms with E-state index < -0.39 is 17.4 Å². The number of carbonyl (C=O) groups excluding carboxylic acids is 1. The molecular formula is C7H7ClF2N2O. The van der Waals surface area contributed by atoms with Crippen molar-refractivity contribution in [1.82, 2.24) is 9.78 Å². The maximum Gasteiger partial charge on any atom is 0.280 e. The fourth-order valence-corrected chi connectivity index (χ4v) is 1.40. The van der Waals surface area contributed by atoms with E-state index in [9.17, 15) is 13.6 Å². The number of halogens is 3. The van der Waals surface area contributed by atoms with E-state index in [1.807, 2.05) is 0 Å². The second kappa shape index (κ2) is 3.41. The normalized spacial score (nSPS) is 10.9. The van der Waals surface area contributed by atoms with E-state index in [0.29, 0.717) is 0 Å². The van der Waals surface area contributed by atoms with Gasteiger partial charge in [-0.05, 0) is 18.5 Å². The molecule has 0 amide bonds. The predicted octanol–water partition coefficient (Wildman–Crippen LogP) is 2.05. The van der Waals surface area contributed by atoms with Gasteiger partial charge in [-0.1, -0.05) is 0 Å². The van der Waals surface area contributed by atoms with Crippen molar-refractivity contribution in [3.8, 4) is 0 Å². The molecule has 0 saturated carbocycles. The lowest BCUT2D eigenvalue weighted by Gasteiger charge is -2.00. The first-order chi connectivity index (χ1) is 5.95. The number of aryl methyl sites for hydroxylation is 2. The van der Waals surface area contributed by atoms with Crippen molar-refractivity contribution in [2.45, 2.75) is 13.3 Å². The van der Waals surface area contributed by atoms with Crippen LogP contribution in [0.2, 0.25) is 0 Å². The summed E-state index contributed by atoms with van der Waals surface area (Å²) in [4.78, 5) is 10.8. The molecule has 13 heavy (non-hydrogen) atoms. The first-order valence-electron chi connectivity index (χ1n) is 3.46. The highest BCUT2D eigenvalue weighted by Crippen LogP contribution is 2.25. The second-order valence-electron chi connectivity index (χ2n) is 2.54. The molecule has 0 N–H and O–H groups in total. The van der Waals surface area contributed by atoms with E-state index in [4.69, 9.17) is 11.6 Å². The Bertz CT molecular complexity index is 349. The van der Waals surface area contributed by atoms with Crippen molar-refractivity contribution in [2.75, 3.05) is 0 Å². The number of carbonyl (C=O) groups is 1. The zero-order valence-corrected chi connectivity index (χ0v) is 7.77. The maximum atomic E-state index is 12.4. The number of aromatic nitrogens is 2. The Hall–Kier alpha value is -0.970. The molecule has 0 fully saturated rings. The average Bonchev–Trinajstić information content (AvgIpc) is 2.24. The number of alkyl halides is 2. The van der Waals surface area contributed by atoms with Gasteiger partial charge in [-0.25, -0.2) is 8.78 Å². The smallest absolute Gasteiger partial charge is 0.275 e. The van der Waals surface area contributed by atoms with Crippen molar-refractivity contribution in [1.29, 1.82) is 0 Å². The summed E-state index contributed by atoms with van der Waals surface area (Å²) in [5.74, 6) is 0. The minimum absolute atomic E-state index is 0.195. The Balaban J connectivity index is 3.38. The number of hydrogen-bond acceptors (Lipinski definition) is 2. The highest BCUT2D eigenvalue weighted by Gasteiger charge is 2.24. The SMILES string of the molecule is Cc1nn(C)c(C(F)F)c1C(=O)Cl. The van der Waals surface area contributed by atoms with Gasteiger partial charge in [-0.2, -0.15) is 5.10 Å². The molecule has 0 aliphatic carbocycles. The third kappa shape index (κ3) is 1.70. The maximum absolute atomic E-state index is 12.4. The van der Waals surface area contributed by atoms with Crippen LogP contribution in [0.1, 0.15) is 28.2 Å². The Labute approximate surface area is 78.3 Å². The van der Waals surface area contributed by atoms with E-state index in [1.165, 1.54) is 14.0 Å². The van der Waals surface area contributed by atoms with Gasteiger partial charge in [0.1, 0.15) is 5.69 Å². The van der Waals surface area contributed by atoms with Gasteiger partial charge < -0.3 is 0 Å². The Morgan fingerprint density at radius 2 is 2.15 bits per heavy atom. The van der Waals surface area contributed by atoms with Gasteiger partial charge in [0.05, 0.1) is 11.3 Å². The largest absolute Gasteiger partial charge is 0.280 e. The van der Waals surface area contributed by atoms with E-state index in [2.05, 4.69) is 5.10 Å². The van der Waals surface area contributed by atoms with Gasteiger partial charge in [0.2, 0.25) is 0 Å². The molecule has 1 aromatic heterocycles. The van der Waals surface area contributed by atoms with E-state index in [1.54, 1.807) is 0 Å². The van der Waals surface area contributed by atoms with Crippen molar-refractivity contribution in [3.05, 3.63) is 17.0 Å². The van der Waals surface area contributed by atoms with Crippen molar-refractivity contribution >= 4 is 16.8 Å². The summed E-state index contributed by atoms with van der Waals surface area (Å²) in [6.45, 7) is 1.46. The van der Waals surface area contributed by atoms with E-state index in [-0.39, 0.29) is 11.3 Å². The molecule has 0 aliphatic heterocycles. The van der Waals surface area contributed by atoms with Crippen molar-refractivity contribution in [2.24, 2.45) is 7.05 Å². The molecule has 72 valence electrons. The van der Waals surface area contributed by atoms with Crippen molar-refractivity contribution in [3.63, 3.8) is 0 Å². The standard InChI is InChI=1S/C7H7ClF2N2O/c1-3-4(6(8)13)5(7(9)10)12(2)11-3/h7H,1-2H3. The van der Waals surface area contributed by atoms with E-state index >= 15 is 0 Å². The lowest BCUT2D eigenvalue weighted by molar-refractivity contribution is 0.106. The summed E-state index contributed by atoms with van der Waals surface area (Å²) in [7, 11) is 1.35. The molecule has 0 unspecified atom stereocenters. The molecule has 6 heteroatoms. The van der Waals surface area contributed by atoms with Crippen LogP contribution in [0, 0.1) is 6.92 Å². The summed E-state index contributed by atoms with van der Waals surface area (Å²) in [5.41, 5.74) is -0.408. The van der Waals surface area contributed by atoms with Gasteiger partial charge in [-0.15, -0.1) is 0 Å². The van der Waals surface area contributed by atoms with Gasteiger partial charge in [0.15, 0.2) is 0 Å². The van der Waals surface area contributed by atoms with Crippen LogP contribution in [0.15, 0.2) is 0 Å². The molecule has 0 atom stereocenters. The van der Waals surface area contributed by atoms with Crippen molar-refractivity contribution < 1.29 is 13.6 Å². The Morgan fingerprint density at radius 1 is 1.62 bits per heavy atom. The molecule has 0 aliphatic rings. The molecule has 3 nitrogen and oxygen atoms in total. The minimum Gasteiger partial charge on any atom is -0.275 e. The zero-order valence-electron chi connectivity index (χ0n) is 7.01. The van der Waals surface area contributed by atoms with Gasteiger partial charge in [-0.3, -0.25) is 9.48 Å². The topological polar surface area (TPSA) is 34.9 Å². The van der Waals surface area contributed by atoms with Gasteiger partial charge in [0, 0.05) is 7.05 Å². The summed E-state index contributed by atoms with van der Waals surface area (Å²) in [5, 5.41) is 2.78. The van der Waals surface area contributed by atoms with E-state index in [0.717, 1.165) is 4.68 Å². The van der Waals surface area contributed by atoms with Crippen LogP contribution in [-0.2, 0) is 7.05 Å². The number of rotatable bonds is 2. The van der Waals surface area contributed by atoms with Crippen LogP contribution in [-0.4, -0.2) is 15.0 Å². The molecule has 0 bridgehead atoms. The number of nitrogens with zero attached hydrogens (tertiary/aromatic N) is 2. The lowest BCUT2D eigenvalue weighted by Crippen LogP contribution is -2.02. The van der Waals surface area contributed by atoms with Gasteiger partial charge >= 0.3 is 0 Å². The molecule has 0 spiro atoms. The fourth-order valence-electron chi connectivity index (χ4n) is 1.17. The Morgan fingerprint density at radius 3 is 2.46 bits per heavy atom. The Kier molecular flexibility index (Phi) is 2.66. The third-order valence-electron chi connectivity index (χ3n) is 1.67. The van der Waals surface area contributed by atoms with Crippen LogP contribution in [0.25, 0.3) is 0 Å². The summed E-state index contributed by atoms with van der Waals surface area (Å²) >= 11 is 5.15. The molecule has 0 saturated heterocycles. The lowest BCUT2D eigenvalue weighted by atomic mass is 10.2. The highest BCUT2D eigenvalue weighted by molar-refractivity contribution is 6.68. The molecular weight excluding hydrogens is 202 g/mol. The molecule has 1 heterocycles. The summed E-state index contributed by atoms with van der Waals surface area (Å²) < 4.78 is 25.7. The average molecular weight is 209 g/mol. The predicted molar refractivity (Wildman–Crippen MR) is 43.1 cm³/mol. The monoisotopic (exact) mass is 208 g/mol. The van der Waals surface area contributed by atoms with Crippen LogP contribution >= 0.6 is 11.6 Å². The minimum atomic E-state index is -2.75. The molecule has 1 aromatic rings.